The molecule has 0 aliphatic carbocycles. The number of benzene rings is 3. The van der Waals surface area contributed by atoms with Crippen LogP contribution in [0.4, 0.5) is 5.69 Å². The van der Waals surface area contributed by atoms with Crippen LogP contribution in [-0.2, 0) is 21.5 Å². The van der Waals surface area contributed by atoms with Gasteiger partial charge in [-0.15, -0.1) is 0 Å². The van der Waals surface area contributed by atoms with Gasteiger partial charge in [-0.2, -0.15) is 8.42 Å². The van der Waals surface area contributed by atoms with E-state index in [0.29, 0.717) is 18.7 Å². The molecular formula is C23H22N2O5S. The predicted molar refractivity (Wildman–Crippen MR) is 117 cm³/mol. The third-order valence-electron chi connectivity index (χ3n) is 4.37. The van der Waals surface area contributed by atoms with Crippen LogP contribution in [-0.4, -0.2) is 20.2 Å². The summed E-state index contributed by atoms with van der Waals surface area (Å²) in [6.07, 6.45) is 0.312. The molecule has 0 aliphatic rings. The van der Waals surface area contributed by atoms with Gasteiger partial charge >= 0.3 is 10.1 Å². The highest BCUT2D eigenvalue weighted by Crippen LogP contribution is 2.24. The standard InChI is InChI=1S/C23H22N2O5S/c1-2-22(26)25-18-12-14-19(15-13-18)31(28,29)30-21-11-7-6-10-20(21)23(27)24-16-17-8-4-3-5-9-17/h3-15H,2,16H2,1H3,(H,24,27)(H,25,26). The Kier molecular flexibility index (Phi) is 7.04. The first-order chi connectivity index (χ1) is 14.9. The molecule has 0 aliphatic heterocycles. The molecule has 3 aromatic rings. The Labute approximate surface area is 181 Å². The molecule has 7 nitrogen and oxygen atoms in total. The number of rotatable bonds is 8. The van der Waals surface area contributed by atoms with Gasteiger partial charge in [0, 0.05) is 18.7 Å². The van der Waals surface area contributed by atoms with Gasteiger partial charge in [-0.25, -0.2) is 0 Å². The minimum atomic E-state index is -4.18. The molecule has 0 saturated carbocycles. The van der Waals surface area contributed by atoms with Crippen LogP contribution in [0.5, 0.6) is 5.75 Å². The normalized spacial score (nSPS) is 10.9. The van der Waals surface area contributed by atoms with Crippen molar-refractivity contribution >= 4 is 27.6 Å². The van der Waals surface area contributed by atoms with Crippen LogP contribution in [0.3, 0.4) is 0 Å². The fraction of sp³-hybridized carbons (Fsp3) is 0.130. The molecule has 2 N–H and O–H groups in total. The zero-order valence-corrected chi connectivity index (χ0v) is 17.7. The summed E-state index contributed by atoms with van der Waals surface area (Å²) in [5.41, 5.74) is 1.50. The van der Waals surface area contributed by atoms with Crippen molar-refractivity contribution in [1.29, 1.82) is 0 Å². The van der Waals surface area contributed by atoms with Crippen molar-refractivity contribution in [2.24, 2.45) is 0 Å². The van der Waals surface area contributed by atoms with Crippen LogP contribution in [0.2, 0.25) is 0 Å². The SMILES string of the molecule is CCC(=O)Nc1ccc(S(=O)(=O)Oc2ccccc2C(=O)NCc2ccccc2)cc1. The Morgan fingerprint density at radius 2 is 1.52 bits per heavy atom. The Morgan fingerprint density at radius 3 is 2.19 bits per heavy atom. The van der Waals surface area contributed by atoms with Crippen molar-refractivity contribution in [3.63, 3.8) is 0 Å². The van der Waals surface area contributed by atoms with Crippen LogP contribution in [0.15, 0.2) is 83.8 Å². The van der Waals surface area contributed by atoms with Crippen LogP contribution >= 0.6 is 0 Å². The Morgan fingerprint density at radius 1 is 0.871 bits per heavy atom. The molecule has 3 rings (SSSR count). The molecule has 0 fully saturated rings. The van der Waals surface area contributed by atoms with Crippen LogP contribution in [0.1, 0.15) is 29.3 Å². The summed E-state index contributed by atoms with van der Waals surface area (Å²) in [7, 11) is -4.18. The molecule has 8 heteroatoms. The van der Waals surface area contributed by atoms with E-state index < -0.39 is 16.0 Å². The fourth-order valence-electron chi connectivity index (χ4n) is 2.72. The average molecular weight is 439 g/mol. The van der Waals surface area contributed by atoms with E-state index in [2.05, 4.69) is 10.6 Å². The van der Waals surface area contributed by atoms with Gasteiger partial charge in [-0.1, -0.05) is 49.4 Å². The van der Waals surface area contributed by atoms with Crippen molar-refractivity contribution in [2.75, 3.05) is 5.32 Å². The minimum Gasteiger partial charge on any atom is -0.378 e. The summed E-state index contributed by atoms with van der Waals surface area (Å²) in [6, 6.07) is 21.1. The highest BCUT2D eigenvalue weighted by Gasteiger charge is 2.21. The average Bonchev–Trinajstić information content (AvgIpc) is 2.78. The first-order valence-corrected chi connectivity index (χ1v) is 11.1. The second kappa shape index (κ2) is 9.90. The summed E-state index contributed by atoms with van der Waals surface area (Å²) in [5, 5.41) is 5.40. The maximum Gasteiger partial charge on any atom is 0.339 e. The van der Waals surface area contributed by atoms with Crippen molar-refractivity contribution in [3.05, 3.63) is 90.0 Å². The highest BCUT2D eigenvalue weighted by atomic mass is 32.2. The third kappa shape index (κ3) is 5.93. The van der Waals surface area contributed by atoms with E-state index in [4.69, 9.17) is 4.18 Å². The van der Waals surface area contributed by atoms with Crippen molar-refractivity contribution < 1.29 is 22.2 Å². The number of hydrogen-bond acceptors (Lipinski definition) is 5. The molecule has 0 aromatic heterocycles. The van der Waals surface area contributed by atoms with Crippen LogP contribution in [0.25, 0.3) is 0 Å². The maximum atomic E-state index is 12.7. The predicted octanol–water partition coefficient (Wildman–Crippen LogP) is 3.73. The largest absolute Gasteiger partial charge is 0.378 e. The molecule has 0 bridgehead atoms. The molecular weight excluding hydrogens is 416 g/mol. The quantitative estimate of drug-likeness (QED) is 0.522. The Balaban J connectivity index is 1.74. The molecule has 3 aromatic carbocycles. The van der Waals surface area contributed by atoms with Crippen molar-refractivity contribution in [3.8, 4) is 5.75 Å². The summed E-state index contributed by atoms with van der Waals surface area (Å²) in [4.78, 5) is 24.0. The first kappa shape index (κ1) is 22.0. The number of carbonyl (C=O) groups excluding carboxylic acids is 2. The summed E-state index contributed by atoms with van der Waals surface area (Å²) >= 11 is 0. The smallest absolute Gasteiger partial charge is 0.339 e. The summed E-state index contributed by atoms with van der Waals surface area (Å²) < 4.78 is 30.7. The number of amides is 2. The van der Waals surface area contributed by atoms with Crippen molar-refractivity contribution in [1.82, 2.24) is 5.32 Å². The van der Waals surface area contributed by atoms with E-state index >= 15 is 0 Å². The summed E-state index contributed by atoms with van der Waals surface area (Å²) in [5.74, 6) is -0.703. The summed E-state index contributed by atoms with van der Waals surface area (Å²) in [6.45, 7) is 2.02. The van der Waals surface area contributed by atoms with Gasteiger partial charge in [0.1, 0.15) is 4.90 Å². The third-order valence-corrected chi connectivity index (χ3v) is 5.62. The zero-order chi connectivity index (χ0) is 22.3. The van der Waals surface area contributed by atoms with E-state index in [1.807, 2.05) is 30.3 Å². The van der Waals surface area contributed by atoms with E-state index in [1.165, 1.54) is 36.4 Å². The zero-order valence-electron chi connectivity index (χ0n) is 16.9. The molecule has 160 valence electrons. The lowest BCUT2D eigenvalue weighted by Gasteiger charge is -2.12. The Hall–Kier alpha value is -3.65. The van der Waals surface area contributed by atoms with Gasteiger partial charge in [0.25, 0.3) is 5.91 Å². The second-order valence-electron chi connectivity index (χ2n) is 6.63. The van der Waals surface area contributed by atoms with Gasteiger partial charge in [-0.3, -0.25) is 9.59 Å². The molecule has 2 amide bonds. The monoisotopic (exact) mass is 438 g/mol. The van der Waals surface area contributed by atoms with Gasteiger partial charge in [0.2, 0.25) is 5.91 Å². The molecule has 0 saturated heterocycles. The van der Waals surface area contributed by atoms with E-state index in [-0.39, 0.29) is 22.1 Å². The molecule has 31 heavy (non-hydrogen) atoms. The number of anilines is 1. The van der Waals surface area contributed by atoms with Gasteiger partial charge in [0.05, 0.1) is 5.56 Å². The Bertz CT molecular complexity index is 1160. The molecule has 0 heterocycles. The van der Waals surface area contributed by atoms with E-state index in [1.54, 1.807) is 19.1 Å². The number of carbonyl (C=O) groups is 2. The lowest BCUT2D eigenvalue weighted by atomic mass is 10.1. The minimum absolute atomic E-state index is 0.0728. The number of hydrogen-bond donors (Lipinski definition) is 2. The number of para-hydroxylation sites is 1. The molecule has 0 spiro atoms. The molecule has 0 atom stereocenters. The lowest BCUT2D eigenvalue weighted by molar-refractivity contribution is -0.115. The molecule has 0 radical (unpaired) electrons. The van der Waals surface area contributed by atoms with E-state index in [9.17, 15) is 18.0 Å². The van der Waals surface area contributed by atoms with E-state index in [0.717, 1.165) is 5.56 Å². The highest BCUT2D eigenvalue weighted by molar-refractivity contribution is 7.87. The lowest BCUT2D eigenvalue weighted by Crippen LogP contribution is -2.24. The van der Waals surface area contributed by atoms with Gasteiger partial charge < -0.3 is 14.8 Å². The fourth-order valence-corrected chi connectivity index (χ4v) is 3.67. The van der Waals surface area contributed by atoms with Gasteiger partial charge in [0.15, 0.2) is 5.75 Å². The first-order valence-electron chi connectivity index (χ1n) is 9.64. The number of nitrogens with one attached hydrogen (secondary N) is 2. The topological polar surface area (TPSA) is 102 Å². The maximum absolute atomic E-state index is 12.7. The molecule has 0 unspecified atom stereocenters. The van der Waals surface area contributed by atoms with Crippen LogP contribution in [0, 0.1) is 0 Å². The second-order valence-corrected chi connectivity index (χ2v) is 8.17. The van der Waals surface area contributed by atoms with Crippen LogP contribution < -0.4 is 14.8 Å². The van der Waals surface area contributed by atoms with Gasteiger partial charge in [-0.05, 0) is 42.0 Å². The van der Waals surface area contributed by atoms with Crippen molar-refractivity contribution in [2.45, 2.75) is 24.8 Å².